The monoisotopic (exact) mass is 342 g/mol. The first-order valence-corrected chi connectivity index (χ1v) is 7.30. The van der Waals surface area contributed by atoms with Gasteiger partial charge in [-0.3, -0.25) is 14.9 Å². The Kier molecular flexibility index (Phi) is 5.86. The van der Waals surface area contributed by atoms with Gasteiger partial charge in [0.15, 0.2) is 5.78 Å². The zero-order chi connectivity index (χ0) is 18.4. The van der Waals surface area contributed by atoms with Gasteiger partial charge in [0.2, 0.25) is 0 Å². The van der Waals surface area contributed by atoms with Gasteiger partial charge in [0.1, 0.15) is 5.75 Å². The fourth-order valence-electron chi connectivity index (χ4n) is 2.25. The third kappa shape index (κ3) is 4.42. The molecule has 2 rings (SSSR count). The molecule has 0 saturated carbocycles. The smallest absolute Gasteiger partial charge is 0.262 e. The second kappa shape index (κ2) is 8.07. The van der Waals surface area contributed by atoms with Gasteiger partial charge in [-0.1, -0.05) is 18.2 Å². The van der Waals surface area contributed by atoms with E-state index >= 15 is 0 Å². The number of methoxy groups -OCH3 is 2. The second-order valence-electron chi connectivity index (χ2n) is 5.14. The Labute approximate surface area is 144 Å². The molecule has 25 heavy (non-hydrogen) atoms. The van der Waals surface area contributed by atoms with Crippen LogP contribution in [0.4, 0.5) is 5.69 Å². The summed E-state index contributed by atoms with van der Waals surface area (Å²) in [5.74, 6) is -0.342. The molecule has 0 spiro atoms. The van der Waals surface area contributed by atoms with Gasteiger partial charge in [-0.25, -0.2) is 0 Å². The molecule has 0 radical (unpaired) electrons. The van der Waals surface area contributed by atoms with Crippen molar-refractivity contribution in [3.05, 3.63) is 69.3 Å². The summed E-state index contributed by atoms with van der Waals surface area (Å²) in [7, 11) is 3.07. The van der Waals surface area contributed by atoms with Crippen LogP contribution in [0.15, 0.2) is 42.5 Å². The minimum absolute atomic E-state index is 0.283. The van der Waals surface area contributed by atoms with E-state index in [1.807, 2.05) is 0 Å². The number of ketones is 1. The molecule has 0 bridgehead atoms. The maximum atomic E-state index is 12.3. The molecular formula is C18H16NO6-. The second-order valence-corrected chi connectivity index (χ2v) is 5.14. The van der Waals surface area contributed by atoms with Crippen molar-refractivity contribution in [2.24, 2.45) is 0 Å². The van der Waals surface area contributed by atoms with Gasteiger partial charge >= 0.3 is 0 Å². The quantitative estimate of drug-likeness (QED) is 0.332. The van der Waals surface area contributed by atoms with Crippen molar-refractivity contribution in [2.75, 3.05) is 14.2 Å². The van der Waals surface area contributed by atoms with E-state index < -0.39 is 16.4 Å². The van der Waals surface area contributed by atoms with E-state index in [0.717, 1.165) is 17.7 Å². The number of carbonyl (C=O) groups is 1. The highest BCUT2D eigenvalue weighted by molar-refractivity contribution is 6.07. The topological polar surface area (TPSA) is 102 Å². The van der Waals surface area contributed by atoms with Crippen LogP contribution in [0, 0.1) is 10.1 Å². The first-order chi connectivity index (χ1) is 12.0. The van der Waals surface area contributed by atoms with Crippen molar-refractivity contribution in [1.29, 1.82) is 0 Å². The first kappa shape index (κ1) is 18.2. The molecule has 0 aromatic heterocycles. The largest absolute Gasteiger partial charge is 0.868 e. The van der Waals surface area contributed by atoms with Crippen LogP contribution >= 0.6 is 0 Å². The fraction of sp³-hybridized carbons (Fsp3) is 0.167. The maximum absolute atomic E-state index is 12.3. The molecule has 0 saturated heterocycles. The van der Waals surface area contributed by atoms with Crippen LogP contribution in [0.1, 0.15) is 21.5 Å². The number of allylic oxidation sites excluding steroid dienone is 1. The Morgan fingerprint density at radius 3 is 2.60 bits per heavy atom. The van der Waals surface area contributed by atoms with Crippen LogP contribution in [-0.2, 0) is 11.3 Å². The number of hydrogen-bond donors (Lipinski definition) is 0. The summed E-state index contributed by atoms with van der Waals surface area (Å²) in [4.78, 5) is 22.3. The highest BCUT2D eigenvalue weighted by Crippen LogP contribution is 2.25. The van der Waals surface area contributed by atoms with E-state index in [4.69, 9.17) is 9.47 Å². The predicted molar refractivity (Wildman–Crippen MR) is 89.6 cm³/mol. The predicted octanol–water partition coefficient (Wildman–Crippen LogP) is 2.72. The van der Waals surface area contributed by atoms with E-state index in [1.165, 1.54) is 25.3 Å². The van der Waals surface area contributed by atoms with Crippen molar-refractivity contribution in [3.8, 4) is 11.5 Å². The summed E-state index contributed by atoms with van der Waals surface area (Å²) in [6.45, 7) is 0.297. The average Bonchev–Trinajstić information content (AvgIpc) is 2.60. The van der Waals surface area contributed by atoms with Crippen molar-refractivity contribution in [2.45, 2.75) is 6.61 Å². The molecule has 7 heteroatoms. The Hall–Kier alpha value is -3.19. The number of hydrogen-bond acceptors (Lipinski definition) is 6. The summed E-state index contributed by atoms with van der Waals surface area (Å²) in [5, 5.41) is 22.2. The maximum Gasteiger partial charge on any atom is 0.262 e. The Balaban J connectivity index is 2.24. The van der Waals surface area contributed by atoms with Crippen LogP contribution in [0.25, 0.3) is 6.08 Å². The lowest BCUT2D eigenvalue weighted by Crippen LogP contribution is -2.00. The highest BCUT2D eigenvalue weighted by atomic mass is 16.6. The molecule has 2 aromatic rings. The molecule has 130 valence electrons. The zero-order valence-corrected chi connectivity index (χ0v) is 13.7. The van der Waals surface area contributed by atoms with Crippen LogP contribution in [0.3, 0.4) is 0 Å². The molecular weight excluding hydrogens is 326 g/mol. The van der Waals surface area contributed by atoms with Gasteiger partial charge in [0.25, 0.3) is 5.69 Å². The fourth-order valence-corrected chi connectivity index (χ4v) is 2.25. The number of ether oxygens (including phenoxy) is 2. The first-order valence-electron chi connectivity index (χ1n) is 7.30. The van der Waals surface area contributed by atoms with Gasteiger partial charge < -0.3 is 14.6 Å². The van der Waals surface area contributed by atoms with E-state index in [2.05, 4.69) is 0 Å². The van der Waals surface area contributed by atoms with Gasteiger partial charge in [-0.15, -0.1) is 0 Å². The lowest BCUT2D eigenvalue weighted by molar-refractivity contribution is -0.398. The molecule has 0 aliphatic heterocycles. The van der Waals surface area contributed by atoms with Crippen molar-refractivity contribution < 1.29 is 24.3 Å². The molecule has 0 unspecified atom stereocenters. The number of nitrogens with zero attached hydrogens (tertiary/aromatic N) is 1. The minimum atomic E-state index is -0.748. The Bertz CT molecular complexity index is 828. The van der Waals surface area contributed by atoms with Crippen LogP contribution in [0.2, 0.25) is 0 Å². The van der Waals surface area contributed by atoms with E-state index in [-0.39, 0.29) is 5.78 Å². The molecule has 0 fully saturated rings. The van der Waals surface area contributed by atoms with E-state index in [0.29, 0.717) is 23.5 Å². The van der Waals surface area contributed by atoms with Crippen molar-refractivity contribution in [1.82, 2.24) is 0 Å². The molecule has 0 aliphatic rings. The molecule has 0 N–H and O–H groups in total. The molecule has 0 aliphatic carbocycles. The third-order valence-electron chi connectivity index (χ3n) is 3.47. The van der Waals surface area contributed by atoms with Gasteiger partial charge in [0, 0.05) is 24.3 Å². The molecule has 7 nitrogen and oxygen atoms in total. The number of rotatable bonds is 7. The Morgan fingerprint density at radius 2 is 1.96 bits per heavy atom. The highest BCUT2D eigenvalue weighted by Gasteiger charge is 2.09. The Morgan fingerprint density at radius 1 is 1.20 bits per heavy atom. The van der Waals surface area contributed by atoms with Gasteiger partial charge in [-0.2, -0.15) is 0 Å². The van der Waals surface area contributed by atoms with Gasteiger partial charge in [-0.05, 0) is 35.6 Å². The molecule has 0 heterocycles. The summed E-state index contributed by atoms with van der Waals surface area (Å²) in [5.41, 5.74) is 1.03. The summed E-state index contributed by atoms with van der Waals surface area (Å²) in [6.07, 6.45) is 2.72. The molecule has 0 amide bonds. The standard InChI is InChI=1S/C18H17NO6/c1-24-11-14-10-13(5-8-18(14)25-2)16(20)6-3-12-4-7-17(21)15(9-12)19(22)23/h3-10,21H,11H2,1-2H3/p-1/b6-3+. The van der Waals surface area contributed by atoms with Crippen molar-refractivity contribution in [3.63, 3.8) is 0 Å². The summed E-state index contributed by atoms with van der Waals surface area (Å²) < 4.78 is 10.3. The zero-order valence-electron chi connectivity index (χ0n) is 13.7. The number of nitro groups is 1. The summed E-state index contributed by atoms with van der Waals surface area (Å²) >= 11 is 0. The number of benzene rings is 2. The van der Waals surface area contributed by atoms with E-state index in [9.17, 15) is 20.0 Å². The molecule has 2 aromatic carbocycles. The third-order valence-corrected chi connectivity index (χ3v) is 3.47. The molecule has 0 atom stereocenters. The average molecular weight is 342 g/mol. The number of carbonyl (C=O) groups excluding carboxylic acids is 1. The van der Waals surface area contributed by atoms with Crippen LogP contribution in [-0.4, -0.2) is 24.9 Å². The lowest BCUT2D eigenvalue weighted by atomic mass is 10.0. The SMILES string of the molecule is COCc1cc(C(=O)/C=C/c2ccc([O-])c([N+](=O)[O-])c2)ccc1OC. The lowest BCUT2D eigenvalue weighted by Gasteiger charge is -2.09. The van der Waals surface area contributed by atoms with Crippen LogP contribution < -0.4 is 9.84 Å². The van der Waals surface area contributed by atoms with Gasteiger partial charge in [0.05, 0.1) is 18.6 Å². The van der Waals surface area contributed by atoms with Crippen LogP contribution in [0.5, 0.6) is 11.5 Å². The number of nitro benzene ring substituents is 1. The minimum Gasteiger partial charge on any atom is -0.868 e. The van der Waals surface area contributed by atoms with Crippen molar-refractivity contribution >= 4 is 17.5 Å². The normalized spacial score (nSPS) is 10.8. The van der Waals surface area contributed by atoms with E-state index in [1.54, 1.807) is 25.3 Å². The summed E-state index contributed by atoms with van der Waals surface area (Å²) in [6, 6.07) is 8.62.